The normalized spacial score (nSPS) is 22.9. The first-order valence-electron chi connectivity index (χ1n) is 12.0. The van der Waals surface area contributed by atoms with E-state index in [1.54, 1.807) is 6.92 Å². The summed E-state index contributed by atoms with van der Waals surface area (Å²) < 4.78 is 17.4. The lowest BCUT2D eigenvalue weighted by molar-refractivity contribution is -0.150. The molecule has 0 aromatic heterocycles. The van der Waals surface area contributed by atoms with E-state index in [0.29, 0.717) is 0 Å². The van der Waals surface area contributed by atoms with E-state index in [1.165, 1.54) is 6.92 Å². The van der Waals surface area contributed by atoms with E-state index < -0.39 is 26.3 Å². The molecule has 1 saturated carbocycles. The molecule has 32 heavy (non-hydrogen) atoms. The van der Waals surface area contributed by atoms with Gasteiger partial charge in [0.05, 0.1) is 25.0 Å². The lowest BCUT2D eigenvalue weighted by atomic mass is 9.86. The highest BCUT2D eigenvalue weighted by molar-refractivity contribution is 6.74. The van der Waals surface area contributed by atoms with Crippen LogP contribution in [0.4, 0.5) is 0 Å². The zero-order valence-electron chi connectivity index (χ0n) is 21.4. The Morgan fingerprint density at radius 3 is 2.38 bits per heavy atom. The third kappa shape index (κ3) is 8.47. The zero-order valence-corrected chi connectivity index (χ0v) is 22.4. The van der Waals surface area contributed by atoms with Gasteiger partial charge in [0, 0.05) is 19.3 Å². The van der Waals surface area contributed by atoms with Crippen LogP contribution in [0.5, 0.6) is 0 Å². The number of ether oxygens (including phenoxy) is 2. The molecule has 0 amide bonds. The summed E-state index contributed by atoms with van der Waals surface area (Å²) in [6, 6.07) is 0. The van der Waals surface area contributed by atoms with Gasteiger partial charge >= 0.3 is 11.9 Å². The van der Waals surface area contributed by atoms with E-state index >= 15 is 0 Å². The van der Waals surface area contributed by atoms with Crippen LogP contribution >= 0.6 is 0 Å². The summed E-state index contributed by atoms with van der Waals surface area (Å²) in [5, 5.41) is -0.0307. The molecule has 6 nitrogen and oxygen atoms in total. The van der Waals surface area contributed by atoms with Crippen LogP contribution in [-0.2, 0) is 28.3 Å². The first-order chi connectivity index (χ1) is 14.8. The Kier molecular flexibility index (Phi) is 11.3. The Morgan fingerprint density at radius 1 is 1.19 bits per heavy atom. The summed E-state index contributed by atoms with van der Waals surface area (Å²) >= 11 is 0. The Morgan fingerprint density at radius 2 is 1.84 bits per heavy atom. The number of rotatable bonds is 12. The van der Waals surface area contributed by atoms with Crippen molar-refractivity contribution >= 4 is 26.0 Å². The fraction of sp³-hybridized carbons (Fsp3) is 0.800. The van der Waals surface area contributed by atoms with Gasteiger partial charge in [0.15, 0.2) is 8.32 Å². The minimum Gasteiger partial charge on any atom is -0.466 e. The van der Waals surface area contributed by atoms with Crippen LogP contribution in [0.3, 0.4) is 0 Å². The third-order valence-electron chi connectivity index (χ3n) is 6.63. The molecule has 0 aromatic rings. The third-order valence-corrected chi connectivity index (χ3v) is 11.1. The largest absolute Gasteiger partial charge is 0.466 e. The quantitative estimate of drug-likeness (QED) is 0.160. The molecule has 7 heteroatoms. The fourth-order valence-corrected chi connectivity index (χ4v) is 5.27. The average molecular weight is 469 g/mol. The monoisotopic (exact) mass is 468 g/mol. The van der Waals surface area contributed by atoms with Crippen LogP contribution in [-0.4, -0.2) is 44.9 Å². The maximum atomic E-state index is 13.2. The average Bonchev–Trinajstić information content (AvgIpc) is 2.93. The summed E-state index contributed by atoms with van der Waals surface area (Å²) in [7, 11) is -2.18. The van der Waals surface area contributed by atoms with E-state index in [2.05, 4.69) is 40.8 Å². The van der Waals surface area contributed by atoms with Gasteiger partial charge in [0.25, 0.3) is 0 Å². The summed E-state index contributed by atoms with van der Waals surface area (Å²) in [5.41, 5.74) is 0. The van der Waals surface area contributed by atoms with Crippen molar-refractivity contribution in [3.8, 4) is 0 Å². The number of hydrogen-bond donors (Lipinski definition) is 0. The summed E-state index contributed by atoms with van der Waals surface area (Å²) in [6.07, 6.45) is 7.18. The topological polar surface area (TPSA) is 78.9 Å². The Bertz CT molecular complexity index is 664. The van der Waals surface area contributed by atoms with Gasteiger partial charge in [-0.25, -0.2) is 0 Å². The molecule has 0 N–H and O–H groups in total. The van der Waals surface area contributed by atoms with Crippen molar-refractivity contribution in [1.29, 1.82) is 0 Å². The van der Waals surface area contributed by atoms with Crippen molar-refractivity contribution in [2.45, 2.75) is 110 Å². The number of Topliss-reactive ketones (excluding diaryl/α,β-unsaturated/α-hetero) is 1. The maximum Gasteiger partial charge on any atom is 0.306 e. The molecule has 0 unspecified atom stereocenters. The maximum absolute atomic E-state index is 13.2. The van der Waals surface area contributed by atoms with Crippen LogP contribution in [0.25, 0.3) is 0 Å². The van der Waals surface area contributed by atoms with E-state index in [9.17, 15) is 14.4 Å². The van der Waals surface area contributed by atoms with Crippen molar-refractivity contribution < 1.29 is 28.3 Å². The minimum absolute atomic E-state index is 0.0209. The van der Waals surface area contributed by atoms with Crippen LogP contribution in [0.1, 0.15) is 80.1 Å². The van der Waals surface area contributed by atoms with Crippen LogP contribution < -0.4 is 0 Å². The van der Waals surface area contributed by atoms with Crippen LogP contribution in [0.2, 0.25) is 18.1 Å². The number of hydrogen-bond acceptors (Lipinski definition) is 6. The van der Waals surface area contributed by atoms with Gasteiger partial charge in [0.2, 0.25) is 0 Å². The minimum atomic E-state index is -2.18. The Balaban J connectivity index is 3.22. The molecule has 0 radical (unpaired) electrons. The molecule has 0 spiro atoms. The molecule has 4 atom stereocenters. The molecule has 0 heterocycles. The highest BCUT2D eigenvalue weighted by Crippen LogP contribution is 2.44. The van der Waals surface area contributed by atoms with Crippen molar-refractivity contribution in [2.24, 2.45) is 11.8 Å². The number of carbonyl (C=O) groups is 3. The van der Waals surface area contributed by atoms with Crippen molar-refractivity contribution in [3.63, 3.8) is 0 Å². The lowest BCUT2D eigenvalue weighted by Crippen LogP contribution is -2.46. The highest BCUT2D eigenvalue weighted by Gasteiger charge is 2.51. The van der Waals surface area contributed by atoms with E-state index in [4.69, 9.17) is 13.9 Å². The molecule has 0 aromatic carbocycles. The number of allylic oxidation sites excluding steroid dienone is 1. The second kappa shape index (κ2) is 12.7. The number of unbranched alkanes of at least 4 members (excludes halogenated alkanes) is 3. The van der Waals surface area contributed by atoms with Gasteiger partial charge in [-0.15, -0.1) is 0 Å². The Labute approximate surface area is 195 Å². The van der Waals surface area contributed by atoms with Crippen LogP contribution in [0.15, 0.2) is 12.2 Å². The SMILES string of the molecule is CCCCC/C=C\[C@@H](OC(C)=O)[C@H]1C(=O)C[C@H](O[Si](C)(C)C(C)(C)C)[C@@H]1CC(=O)OCC. The first kappa shape index (κ1) is 28.6. The van der Waals surface area contributed by atoms with Crippen LogP contribution in [0, 0.1) is 11.8 Å². The molecule has 0 aliphatic heterocycles. The van der Waals surface area contributed by atoms with Gasteiger partial charge in [0.1, 0.15) is 11.9 Å². The Hall–Kier alpha value is -1.47. The summed E-state index contributed by atoms with van der Waals surface area (Å²) in [4.78, 5) is 37.5. The zero-order chi connectivity index (χ0) is 24.5. The molecule has 1 aliphatic carbocycles. The summed E-state index contributed by atoms with van der Waals surface area (Å²) in [6.45, 7) is 16.3. The van der Waals surface area contributed by atoms with Gasteiger partial charge in [-0.3, -0.25) is 14.4 Å². The second-order valence-electron chi connectivity index (χ2n) is 10.3. The highest BCUT2D eigenvalue weighted by atomic mass is 28.4. The fourth-order valence-electron chi connectivity index (χ4n) is 3.90. The first-order valence-corrected chi connectivity index (χ1v) is 14.9. The predicted octanol–water partition coefficient (Wildman–Crippen LogP) is 5.60. The molecule has 0 saturated heterocycles. The van der Waals surface area contributed by atoms with Gasteiger partial charge in [-0.2, -0.15) is 0 Å². The second-order valence-corrected chi connectivity index (χ2v) is 15.0. The van der Waals surface area contributed by atoms with E-state index in [0.717, 1.165) is 25.7 Å². The lowest BCUT2D eigenvalue weighted by Gasteiger charge is -2.40. The van der Waals surface area contributed by atoms with Gasteiger partial charge < -0.3 is 13.9 Å². The molecular weight excluding hydrogens is 424 g/mol. The molecular formula is C25H44O6Si. The molecule has 1 fully saturated rings. The van der Waals surface area contributed by atoms with Crippen molar-refractivity contribution in [1.82, 2.24) is 0 Å². The molecule has 184 valence electrons. The number of esters is 2. The molecule has 0 bridgehead atoms. The van der Waals surface area contributed by atoms with E-state index in [-0.39, 0.29) is 48.3 Å². The predicted molar refractivity (Wildman–Crippen MR) is 129 cm³/mol. The van der Waals surface area contributed by atoms with Gasteiger partial charge in [-0.1, -0.05) is 46.6 Å². The molecule has 1 aliphatic rings. The summed E-state index contributed by atoms with van der Waals surface area (Å²) in [5.74, 6) is -1.81. The van der Waals surface area contributed by atoms with E-state index in [1.807, 2.05) is 12.2 Å². The van der Waals surface area contributed by atoms with Crippen molar-refractivity contribution in [3.05, 3.63) is 12.2 Å². The van der Waals surface area contributed by atoms with Crippen molar-refractivity contribution in [2.75, 3.05) is 6.61 Å². The van der Waals surface area contributed by atoms with Gasteiger partial charge in [-0.05, 0) is 44.0 Å². The number of ketones is 1. The number of carbonyl (C=O) groups excluding carboxylic acids is 3. The smallest absolute Gasteiger partial charge is 0.306 e. The standard InChI is InChI=1S/C25H44O6Si/c1-9-11-12-13-14-15-21(30-18(3)26)24-19(16-23(28)29-10-2)22(17-20(24)27)31-32(7,8)25(4,5)6/h14-15,19,21-22,24H,9-13,16-17H2,1-8H3/b15-14-/t19-,21+,22-,24+/m0/s1. The molecule has 1 rings (SSSR count).